The lowest BCUT2D eigenvalue weighted by molar-refractivity contribution is 0.0914. The van der Waals surface area contributed by atoms with Crippen LogP contribution >= 0.6 is 0 Å². The second-order valence-corrected chi connectivity index (χ2v) is 5.59. The standard InChI is InChI=1S/C20H20N2O3/c1-3-24-17-11-9-16(10-12-17)18(15-7-5-4-6-8-15)22-20(23)19-14(2)21-13-25-19/h4-13,18H,3H2,1-2H3,(H,22,23)/t18-/m0/s1. The Labute approximate surface area is 146 Å². The van der Waals surface area contributed by atoms with E-state index in [0.717, 1.165) is 16.9 Å². The second-order valence-electron chi connectivity index (χ2n) is 5.59. The maximum Gasteiger partial charge on any atom is 0.289 e. The molecule has 0 aliphatic carbocycles. The van der Waals surface area contributed by atoms with Gasteiger partial charge in [0.25, 0.3) is 5.91 Å². The summed E-state index contributed by atoms with van der Waals surface area (Å²) in [6.07, 6.45) is 1.28. The maximum atomic E-state index is 12.6. The molecule has 1 aromatic heterocycles. The summed E-state index contributed by atoms with van der Waals surface area (Å²) in [5.74, 6) is 0.736. The molecule has 0 fully saturated rings. The Balaban J connectivity index is 1.90. The number of hydrogen-bond donors (Lipinski definition) is 1. The number of benzene rings is 2. The zero-order chi connectivity index (χ0) is 17.6. The number of carbonyl (C=O) groups excluding carboxylic acids is 1. The number of nitrogens with zero attached hydrogens (tertiary/aromatic N) is 1. The molecule has 0 bridgehead atoms. The van der Waals surface area contributed by atoms with Crippen LogP contribution in [0.15, 0.2) is 65.4 Å². The van der Waals surface area contributed by atoms with E-state index in [4.69, 9.17) is 9.15 Å². The van der Waals surface area contributed by atoms with Crippen LogP contribution in [0.5, 0.6) is 5.75 Å². The van der Waals surface area contributed by atoms with Crippen LogP contribution in [0.4, 0.5) is 0 Å². The zero-order valence-corrected chi connectivity index (χ0v) is 14.2. The highest BCUT2D eigenvalue weighted by Crippen LogP contribution is 2.25. The van der Waals surface area contributed by atoms with Gasteiger partial charge in [-0.15, -0.1) is 0 Å². The molecule has 0 aliphatic heterocycles. The Morgan fingerprint density at radius 1 is 1.12 bits per heavy atom. The fraction of sp³-hybridized carbons (Fsp3) is 0.200. The number of ether oxygens (including phenoxy) is 1. The molecule has 25 heavy (non-hydrogen) atoms. The van der Waals surface area contributed by atoms with Crippen molar-refractivity contribution in [1.29, 1.82) is 0 Å². The van der Waals surface area contributed by atoms with Crippen molar-refractivity contribution in [3.8, 4) is 5.75 Å². The first-order valence-electron chi connectivity index (χ1n) is 8.17. The Morgan fingerprint density at radius 2 is 1.80 bits per heavy atom. The fourth-order valence-corrected chi connectivity index (χ4v) is 2.64. The molecule has 128 valence electrons. The molecule has 5 heteroatoms. The van der Waals surface area contributed by atoms with Gasteiger partial charge in [-0.1, -0.05) is 42.5 Å². The van der Waals surface area contributed by atoms with Crippen molar-refractivity contribution in [2.24, 2.45) is 0 Å². The largest absolute Gasteiger partial charge is 0.494 e. The van der Waals surface area contributed by atoms with E-state index in [0.29, 0.717) is 12.3 Å². The average Bonchev–Trinajstić information content (AvgIpc) is 3.07. The van der Waals surface area contributed by atoms with E-state index in [-0.39, 0.29) is 17.7 Å². The molecule has 2 aromatic carbocycles. The molecule has 0 aliphatic rings. The number of carbonyl (C=O) groups is 1. The normalized spacial score (nSPS) is 11.8. The molecule has 1 N–H and O–H groups in total. The smallest absolute Gasteiger partial charge is 0.289 e. The van der Waals surface area contributed by atoms with Gasteiger partial charge in [0.2, 0.25) is 5.76 Å². The molecule has 0 spiro atoms. The van der Waals surface area contributed by atoms with Gasteiger partial charge in [-0.05, 0) is 37.1 Å². The molecule has 1 atom stereocenters. The zero-order valence-electron chi connectivity index (χ0n) is 14.2. The molecule has 0 saturated heterocycles. The predicted octanol–water partition coefficient (Wildman–Crippen LogP) is 3.90. The first kappa shape index (κ1) is 16.8. The van der Waals surface area contributed by atoms with Gasteiger partial charge < -0.3 is 14.5 Å². The van der Waals surface area contributed by atoms with E-state index >= 15 is 0 Å². The summed E-state index contributed by atoms with van der Waals surface area (Å²) in [5, 5.41) is 3.03. The van der Waals surface area contributed by atoms with E-state index in [2.05, 4.69) is 10.3 Å². The number of aromatic nitrogens is 1. The van der Waals surface area contributed by atoms with Crippen molar-refractivity contribution in [1.82, 2.24) is 10.3 Å². The Kier molecular flexibility index (Phi) is 5.14. The van der Waals surface area contributed by atoms with Crippen molar-refractivity contribution in [3.05, 3.63) is 83.6 Å². The van der Waals surface area contributed by atoms with E-state index in [9.17, 15) is 4.79 Å². The topological polar surface area (TPSA) is 64.4 Å². The van der Waals surface area contributed by atoms with Gasteiger partial charge in [0.15, 0.2) is 6.39 Å². The SMILES string of the molecule is CCOc1ccc([C@@H](NC(=O)c2ocnc2C)c2ccccc2)cc1. The molecular formula is C20H20N2O3. The first-order chi connectivity index (χ1) is 12.2. The molecule has 1 heterocycles. The highest BCUT2D eigenvalue weighted by Gasteiger charge is 2.21. The average molecular weight is 336 g/mol. The minimum absolute atomic E-state index is 0.229. The minimum atomic E-state index is -0.297. The number of nitrogens with one attached hydrogen (secondary N) is 1. The highest BCUT2D eigenvalue weighted by atomic mass is 16.5. The van der Waals surface area contributed by atoms with Gasteiger partial charge in [-0.25, -0.2) is 4.98 Å². The quantitative estimate of drug-likeness (QED) is 0.741. The van der Waals surface area contributed by atoms with Crippen LogP contribution in [0.25, 0.3) is 0 Å². The van der Waals surface area contributed by atoms with E-state index < -0.39 is 0 Å². The lowest BCUT2D eigenvalue weighted by Crippen LogP contribution is -2.29. The van der Waals surface area contributed by atoms with Crippen molar-refractivity contribution in [2.45, 2.75) is 19.9 Å². The fourth-order valence-electron chi connectivity index (χ4n) is 2.64. The summed E-state index contributed by atoms with van der Waals surface area (Å²) >= 11 is 0. The van der Waals surface area contributed by atoms with Crippen LogP contribution in [-0.2, 0) is 0 Å². The van der Waals surface area contributed by atoms with Crippen LogP contribution in [0.3, 0.4) is 0 Å². The molecular weight excluding hydrogens is 316 g/mol. The van der Waals surface area contributed by atoms with Crippen molar-refractivity contribution in [2.75, 3.05) is 6.61 Å². The van der Waals surface area contributed by atoms with Crippen LogP contribution < -0.4 is 10.1 Å². The van der Waals surface area contributed by atoms with Crippen LogP contribution in [0.1, 0.15) is 40.3 Å². The highest BCUT2D eigenvalue weighted by molar-refractivity contribution is 5.92. The van der Waals surface area contributed by atoms with Gasteiger partial charge in [0.05, 0.1) is 18.3 Å². The molecule has 5 nitrogen and oxygen atoms in total. The lowest BCUT2D eigenvalue weighted by atomic mass is 9.98. The summed E-state index contributed by atoms with van der Waals surface area (Å²) in [5.41, 5.74) is 2.51. The summed E-state index contributed by atoms with van der Waals surface area (Å²) < 4.78 is 10.7. The third-order valence-corrected chi connectivity index (χ3v) is 3.88. The summed E-state index contributed by atoms with van der Waals surface area (Å²) in [4.78, 5) is 16.6. The summed E-state index contributed by atoms with van der Waals surface area (Å²) in [7, 11) is 0. The molecule has 3 aromatic rings. The molecule has 0 unspecified atom stereocenters. The van der Waals surface area contributed by atoms with Gasteiger partial charge in [0, 0.05) is 0 Å². The first-order valence-corrected chi connectivity index (χ1v) is 8.17. The number of oxazole rings is 1. The summed E-state index contributed by atoms with van der Waals surface area (Å²) in [6, 6.07) is 17.2. The molecule has 0 saturated carbocycles. The predicted molar refractivity (Wildman–Crippen MR) is 94.6 cm³/mol. The van der Waals surface area contributed by atoms with E-state index in [1.807, 2.05) is 61.5 Å². The number of rotatable bonds is 6. The van der Waals surface area contributed by atoms with Gasteiger partial charge in [-0.2, -0.15) is 0 Å². The van der Waals surface area contributed by atoms with Crippen LogP contribution in [-0.4, -0.2) is 17.5 Å². The molecule has 3 rings (SSSR count). The number of aryl methyl sites for hydroxylation is 1. The van der Waals surface area contributed by atoms with Gasteiger partial charge in [-0.3, -0.25) is 4.79 Å². The Morgan fingerprint density at radius 3 is 2.40 bits per heavy atom. The van der Waals surface area contributed by atoms with E-state index in [1.54, 1.807) is 6.92 Å². The molecule has 1 amide bonds. The van der Waals surface area contributed by atoms with E-state index in [1.165, 1.54) is 6.39 Å². The number of hydrogen-bond acceptors (Lipinski definition) is 4. The van der Waals surface area contributed by atoms with Gasteiger partial charge in [0.1, 0.15) is 5.75 Å². The lowest BCUT2D eigenvalue weighted by Gasteiger charge is -2.19. The van der Waals surface area contributed by atoms with Crippen molar-refractivity contribution in [3.63, 3.8) is 0 Å². The minimum Gasteiger partial charge on any atom is -0.494 e. The van der Waals surface area contributed by atoms with Crippen LogP contribution in [0.2, 0.25) is 0 Å². The second kappa shape index (κ2) is 7.66. The third-order valence-electron chi connectivity index (χ3n) is 3.88. The maximum absolute atomic E-state index is 12.6. The van der Waals surface area contributed by atoms with Gasteiger partial charge >= 0.3 is 0 Å². The van der Waals surface area contributed by atoms with Crippen molar-refractivity contribution < 1.29 is 13.9 Å². The summed E-state index contributed by atoms with van der Waals surface area (Å²) in [6.45, 7) is 4.30. The third kappa shape index (κ3) is 3.88. The Hall–Kier alpha value is -3.08. The van der Waals surface area contributed by atoms with Crippen molar-refractivity contribution >= 4 is 5.91 Å². The molecule has 0 radical (unpaired) electrons. The Bertz CT molecular complexity index is 826. The monoisotopic (exact) mass is 336 g/mol. The number of amides is 1. The van der Waals surface area contributed by atoms with Crippen LogP contribution in [0, 0.1) is 6.92 Å².